The number of hydrogen-bond acceptors (Lipinski definition) is 1. The molecule has 1 aliphatic rings. The summed E-state index contributed by atoms with van der Waals surface area (Å²) in [6.45, 7) is 4.74. The van der Waals surface area contributed by atoms with Crippen LogP contribution in [0, 0.1) is 6.08 Å². The van der Waals surface area contributed by atoms with Gasteiger partial charge in [-0.05, 0) is 25.5 Å². The van der Waals surface area contributed by atoms with Gasteiger partial charge in [0.2, 0.25) is 0 Å². The van der Waals surface area contributed by atoms with E-state index in [0.29, 0.717) is 6.04 Å². The van der Waals surface area contributed by atoms with Gasteiger partial charge in [0.15, 0.2) is 0 Å². The van der Waals surface area contributed by atoms with Crippen molar-refractivity contribution in [2.75, 3.05) is 6.54 Å². The van der Waals surface area contributed by atoms with Crippen LogP contribution in [0.15, 0.2) is 6.58 Å². The van der Waals surface area contributed by atoms with Gasteiger partial charge < -0.3 is 5.32 Å². The lowest BCUT2D eigenvalue weighted by Gasteiger charge is -2.18. The van der Waals surface area contributed by atoms with Crippen molar-refractivity contribution in [1.29, 1.82) is 0 Å². The molecular formula is C7H12N. The van der Waals surface area contributed by atoms with E-state index >= 15 is 0 Å². The average Bonchev–Trinajstić information content (AvgIpc) is 1.90. The molecule has 0 spiro atoms. The summed E-state index contributed by atoms with van der Waals surface area (Å²) in [5, 5.41) is 3.30. The minimum Gasteiger partial charge on any atom is -0.310 e. The van der Waals surface area contributed by atoms with Gasteiger partial charge in [-0.3, -0.25) is 0 Å². The van der Waals surface area contributed by atoms with Crippen LogP contribution in [0.25, 0.3) is 0 Å². The van der Waals surface area contributed by atoms with E-state index in [2.05, 4.69) is 18.0 Å². The Morgan fingerprint density at radius 1 is 1.50 bits per heavy atom. The first kappa shape index (κ1) is 5.83. The van der Waals surface area contributed by atoms with Crippen molar-refractivity contribution in [3.63, 3.8) is 0 Å². The molecule has 0 amide bonds. The Morgan fingerprint density at radius 2 is 2.38 bits per heavy atom. The molecule has 1 rings (SSSR count). The zero-order valence-corrected chi connectivity index (χ0v) is 5.11. The predicted octanol–water partition coefficient (Wildman–Crippen LogP) is 1.12. The molecule has 8 heavy (non-hydrogen) atoms. The zero-order chi connectivity index (χ0) is 5.82. The number of piperidine rings is 1. The second-order valence-corrected chi connectivity index (χ2v) is 2.21. The second kappa shape index (κ2) is 2.88. The van der Waals surface area contributed by atoms with Gasteiger partial charge in [0.25, 0.3) is 0 Å². The van der Waals surface area contributed by atoms with Gasteiger partial charge in [-0.15, -0.1) is 0 Å². The fraction of sp³-hybridized carbons (Fsp3) is 0.714. The van der Waals surface area contributed by atoms with E-state index in [-0.39, 0.29) is 0 Å². The van der Waals surface area contributed by atoms with Crippen LogP contribution in [0.4, 0.5) is 0 Å². The van der Waals surface area contributed by atoms with E-state index in [1.807, 2.05) is 0 Å². The fourth-order valence-corrected chi connectivity index (χ4v) is 1.03. The van der Waals surface area contributed by atoms with Gasteiger partial charge in [0, 0.05) is 6.04 Å². The highest BCUT2D eigenvalue weighted by molar-refractivity contribution is 4.80. The highest BCUT2D eigenvalue weighted by atomic mass is 14.9. The van der Waals surface area contributed by atoms with E-state index in [1.54, 1.807) is 0 Å². The van der Waals surface area contributed by atoms with Crippen LogP contribution in [0.5, 0.6) is 0 Å². The topological polar surface area (TPSA) is 12.0 Å². The van der Waals surface area contributed by atoms with E-state index in [1.165, 1.54) is 19.3 Å². The molecule has 1 atom stereocenters. The Bertz CT molecular complexity index is 72.5. The van der Waals surface area contributed by atoms with E-state index < -0.39 is 0 Å². The van der Waals surface area contributed by atoms with E-state index in [0.717, 1.165) is 6.54 Å². The van der Waals surface area contributed by atoms with E-state index in [9.17, 15) is 0 Å². The van der Waals surface area contributed by atoms with Crippen LogP contribution in [0.1, 0.15) is 19.3 Å². The van der Waals surface area contributed by atoms with Crippen LogP contribution < -0.4 is 5.32 Å². The molecule has 0 aromatic heterocycles. The third kappa shape index (κ3) is 1.34. The summed E-state index contributed by atoms with van der Waals surface area (Å²) in [4.78, 5) is 0. The summed E-state index contributed by atoms with van der Waals surface area (Å²) in [5.41, 5.74) is 0. The van der Waals surface area contributed by atoms with Gasteiger partial charge in [0.1, 0.15) is 0 Å². The Hall–Kier alpha value is -0.300. The fourth-order valence-electron chi connectivity index (χ4n) is 1.03. The molecule has 1 fully saturated rings. The maximum absolute atomic E-state index is 3.60. The maximum Gasteiger partial charge on any atom is 0.0317 e. The highest BCUT2D eigenvalue weighted by Crippen LogP contribution is 2.05. The molecule has 1 unspecified atom stereocenters. The Balaban J connectivity index is 2.22. The molecule has 0 saturated carbocycles. The molecule has 45 valence electrons. The molecule has 0 aromatic carbocycles. The van der Waals surface area contributed by atoms with Crippen LogP contribution in [-0.4, -0.2) is 12.6 Å². The zero-order valence-electron chi connectivity index (χ0n) is 5.11. The lowest BCUT2D eigenvalue weighted by molar-refractivity contribution is 0.448. The molecule has 1 radical (unpaired) electrons. The molecule has 0 aromatic rings. The van der Waals surface area contributed by atoms with Gasteiger partial charge in [-0.2, -0.15) is 0 Å². The second-order valence-electron chi connectivity index (χ2n) is 2.21. The number of nitrogens with one attached hydrogen (secondary N) is 1. The average molecular weight is 110 g/mol. The van der Waals surface area contributed by atoms with Gasteiger partial charge in [0.05, 0.1) is 0 Å². The summed E-state index contributed by atoms with van der Waals surface area (Å²) in [7, 11) is 0. The van der Waals surface area contributed by atoms with Gasteiger partial charge in [-0.25, -0.2) is 0 Å². The molecule has 1 aliphatic heterocycles. The summed E-state index contributed by atoms with van der Waals surface area (Å²) in [6.07, 6.45) is 6.82. The quantitative estimate of drug-likeness (QED) is 0.533. The molecule has 1 nitrogen and oxygen atoms in total. The first-order valence-corrected chi connectivity index (χ1v) is 3.19. The Kier molecular flexibility index (Phi) is 2.10. The molecule has 1 N–H and O–H groups in total. The highest BCUT2D eigenvalue weighted by Gasteiger charge is 2.06. The molecule has 1 heteroatoms. The SMILES string of the molecule is C=[C]C1CCCCN1. The minimum atomic E-state index is 0.476. The molecule has 1 heterocycles. The van der Waals surface area contributed by atoms with Crippen molar-refractivity contribution >= 4 is 0 Å². The monoisotopic (exact) mass is 110 g/mol. The Morgan fingerprint density at radius 3 is 2.75 bits per heavy atom. The molecular weight excluding hydrogens is 98.1 g/mol. The van der Waals surface area contributed by atoms with Crippen LogP contribution in [0.2, 0.25) is 0 Å². The van der Waals surface area contributed by atoms with Crippen LogP contribution in [-0.2, 0) is 0 Å². The van der Waals surface area contributed by atoms with Gasteiger partial charge >= 0.3 is 0 Å². The molecule has 0 bridgehead atoms. The lowest BCUT2D eigenvalue weighted by atomic mass is 10.1. The standard InChI is InChI=1S/C7H12N/c1-2-7-5-3-4-6-8-7/h7-8H,1,3-6H2. The van der Waals surface area contributed by atoms with Crippen LogP contribution >= 0.6 is 0 Å². The summed E-state index contributed by atoms with van der Waals surface area (Å²) in [6, 6.07) is 0.476. The van der Waals surface area contributed by atoms with Crippen molar-refractivity contribution in [1.82, 2.24) is 5.32 Å². The van der Waals surface area contributed by atoms with Crippen molar-refractivity contribution < 1.29 is 0 Å². The third-order valence-electron chi connectivity index (χ3n) is 1.56. The largest absolute Gasteiger partial charge is 0.310 e. The number of rotatable bonds is 1. The lowest BCUT2D eigenvalue weighted by Crippen LogP contribution is -2.32. The van der Waals surface area contributed by atoms with Crippen molar-refractivity contribution in [3.05, 3.63) is 12.7 Å². The third-order valence-corrected chi connectivity index (χ3v) is 1.56. The first-order valence-electron chi connectivity index (χ1n) is 3.19. The van der Waals surface area contributed by atoms with Crippen molar-refractivity contribution in [3.8, 4) is 0 Å². The van der Waals surface area contributed by atoms with Gasteiger partial charge in [-0.1, -0.05) is 13.0 Å². The molecule has 1 saturated heterocycles. The van der Waals surface area contributed by atoms with Crippen molar-refractivity contribution in [2.24, 2.45) is 0 Å². The smallest absolute Gasteiger partial charge is 0.0317 e. The van der Waals surface area contributed by atoms with Crippen molar-refractivity contribution in [2.45, 2.75) is 25.3 Å². The normalized spacial score (nSPS) is 29.8. The summed E-state index contributed by atoms with van der Waals surface area (Å²) in [5.74, 6) is 0. The summed E-state index contributed by atoms with van der Waals surface area (Å²) < 4.78 is 0. The predicted molar refractivity (Wildman–Crippen MR) is 34.5 cm³/mol. The Labute approximate surface area is 50.8 Å². The number of hydrogen-bond donors (Lipinski definition) is 1. The summed E-state index contributed by atoms with van der Waals surface area (Å²) >= 11 is 0. The van der Waals surface area contributed by atoms with Crippen LogP contribution in [0.3, 0.4) is 0 Å². The first-order chi connectivity index (χ1) is 3.93. The van der Waals surface area contributed by atoms with E-state index in [4.69, 9.17) is 0 Å². The molecule has 0 aliphatic carbocycles. The minimum absolute atomic E-state index is 0.476. The maximum atomic E-state index is 3.60.